The van der Waals surface area contributed by atoms with E-state index in [1.807, 2.05) is 0 Å². The predicted octanol–water partition coefficient (Wildman–Crippen LogP) is 0.0613. The van der Waals surface area contributed by atoms with Crippen LogP contribution in [0.4, 0.5) is 0 Å². The minimum atomic E-state index is 0.360. The van der Waals surface area contributed by atoms with Gasteiger partial charge in [-0.05, 0) is 43.3 Å². The van der Waals surface area contributed by atoms with Crippen LogP contribution in [0.3, 0.4) is 0 Å². The van der Waals surface area contributed by atoms with Crippen molar-refractivity contribution in [3.05, 3.63) is 0 Å². The first-order valence-electron chi connectivity index (χ1n) is 8.50. The van der Waals surface area contributed by atoms with Gasteiger partial charge in [-0.25, -0.2) is 0 Å². The Labute approximate surface area is 125 Å². The zero-order valence-corrected chi connectivity index (χ0v) is 14.6. The number of hydrogen-bond acceptors (Lipinski definition) is 1. The smallest absolute Gasteiger partial charge is 0.117 e. The summed E-state index contributed by atoms with van der Waals surface area (Å²) in [6.07, 6.45) is 10.8. The van der Waals surface area contributed by atoms with Crippen LogP contribution in [0.1, 0.15) is 72.1 Å². The predicted molar refractivity (Wildman–Crippen MR) is 98.2 cm³/mol. The lowest BCUT2D eigenvalue weighted by molar-refractivity contribution is 0.0591. The number of hydrogen-bond donors (Lipinski definition) is 0. The summed E-state index contributed by atoms with van der Waals surface area (Å²) in [5.41, 5.74) is 0.372. The molecule has 0 spiro atoms. The van der Waals surface area contributed by atoms with Crippen LogP contribution in [0.5, 0.6) is 0 Å². The average molecular weight is 259 g/mol. The molecule has 1 saturated heterocycles. The van der Waals surface area contributed by atoms with E-state index in [2.05, 4.69) is 57.1 Å². The molecule has 1 heterocycles. The van der Waals surface area contributed by atoms with Gasteiger partial charge in [0.25, 0.3) is 0 Å². The molecule has 1 aliphatic rings. The Kier molecular flexibility index (Phi) is 5.75. The monoisotopic (exact) mass is 259 g/mol. The highest BCUT2D eigenvalue weighted by Crippen LogP contribution is 2.43. The quantitative estimate of drug-likeness (QED) is 0.461. The number of rotatable bonds is 7. The minimum Gasteiger partial charge on any atom is -0.318 e. The minimum absolute atomic E-state index is 0.360. The molecular weight excluding hydrogens is 225 g/mol. The van der Waals surface area contributed by atoms with Gasteiger partial charge in [0.05, 0.1) is 0 Å². The van der Waals surface area contributed by atoms with Crippen molar-refractivity contribution in [2.45, 2.75) is 88.4 Å². The molecule has 0 N–H and O–H groups in total. The average Bonchev–Trinajstić information content (AvgIpc) is 2.54. The van der Waals surface area contributed by atoms with Crippen LogP contribution in [0.25, 0.3) is 0 Å². The summed E-state index contributed by atoms with van der Waals surface area (Å²) in [5.74, 6) is 0. The van der Waals surface area contributed by atoms with Crippen molar-refractivity contribution in [3.8, 4) is 0 Å². The molecule has 0 bridgehead atoms. The highest BCUT2D eigenvalue weighted by Gasteiger charge is 2.50. The lowest BCUT2D eigenvalue weighted by atomic mass is 9.56. The van der Waals surface area contributed by atoms with Crippen LogP contribution >= 0.6 is 0 Å². The van der Waals surface area contributed by atoms with E-state index in [-0.39, 0.29) is 0 Å². The molecule has 1 fully saturated rings. The van der Waals surface area contributed by atoms with Crippen molar-refractivity contribution in [3.63, 3.8) is 0 Å². The lowest BCUT2D eigenvalue weighted by Crippen LogP contribution is -2.65. The first kappa shape index (κ1) is 17.3. The largest absolute Gasteiger partial charge is 0.318 e. The van der Waals surface area contributed by atoms with E-state index in [0.717, 1.165) is 0 Å². The first-order chi connectivity index (χ1) is 8.69. The van der Waals surface area contributed by atoms with Gasteiger partial charge in [-0.1, -0.05) is 39.5 Å². The Morgan fingerprint density at radius 1 is 0.947 bits per heavy atom. The van der Waals surface area contributed by atoms with Crippen molar-refractivity contribution in [1.29, 1.82) is 0 Å². The van der Waals surface area contributed by atoms with E-state index < -0.39 is 0 Å². The van der Waals surface area contributed by atoms with Gasteiger partial charge in [0, 0.05) is 5.54 Å². The molecule has 0 aliphatic carbocycles. The van der Waals surface area contributed by atoms with Crippen molar-refractivity contribution in [1.82, 2.24) is 4.90 Å². The zero-order chi connectivity index (χ0) is 14.7. The molecule has 1 atom stereocenters. The van der Waals surface area contributed by atoms with E-state index in [0.29, 0.717) is 16.2 Å². The summed E-state index contributed by atoms with van der Waals surface area (Å²) in [4.78, 5) is 2.86. The maximum Gasteiger partial charge on any atom is 0.117 e. The Balaban J connectivity index is 2.81. The van der Waals surface area contributed by atoms with E-state index in [9.17, 15) is 0 Å². The molecule has 1 aliphatic heterocycles. The molecule has 1 rings (SSSR count). The summed E-state index contributed by atoms with van der Waals surface area (Å²) in [7, 11) is 9.78. The fourth-order valence-corrected chi connectivity index (χ4v) is 4.50. The molecule has 0 radical (unpaired) electrons. The summed E-state index contributed by atoms with van der Waals surface area (Å²) in [6, 6.07) is 0. The van der Waals surface area contributed by atoms with E-state index in [1.54, 1.807) is 0 Å². The highest BCUT2D eigenvalue weighted by atomic mass is 15.3. The normalized spacial score (nSPS) is 25.2. The fraction of sp³-hybridized carbons (Fsp3) is 1.00. The number of unbranched alkanes of at least 4 members (excludes halogenated alkanes) is 3. The highest BCUT2D eigenvalue weighted by molar-refractivity contribution is 6.45. The van der Waals surface area contributed by atoms with Crippen LogP contribution in [-0.2, 0) is 0 Å². The van der Waals surface area contributed by atoms with Crippen LogP contribution < -0.4 is 0 Å². The van der Waals surface area contributed by atoms with Crippen LogP contribution in [0.15, 0.2) is 0 Å². The van der Waals surface area contributed by atoms with Crippen molar-refractivity contribution in [2.24, 2.45) is 0 Å². The van der Waals surface area contributed by atoms with Crippen LogP contribution in [0, 0.1) is 0 Å². The Hall–Kier alpha value is 0.220. The van der Waals surface area contributed by atoms with Gasteiger partial charge in [-0.15, -0.1) is 0 Å². The van der Waals surface area contributed by atoms with Crippen LogP contribution in [-0.4, -0.2) is 52.5 Å². The standard InChI is InChI=1S/C14H33B4N/c1-4-6-7-8-9-12(3,5-2)19-13(15,16)10-11-14(19,17)18/h4-11,15-18H2,1-3H3. The third kappa shape index (κ3) is 3.86. The third-order valence-corrected chi connectivity index (χ3v) is 5.43. The fourth-order valence-electron chi connectivity index (χ4n) is 4.50. The van der Waals surface area contributed by atoms with Crippen molar-refractivity contribution in [2.75, 3.05) is 0 Å². The summed E-state index contributed by atoms with van der Waals surface area (Å²) >= 11 is 0. The maximum absolute atomic E-state index is 2.86. The van der Waals surface area contributed by atoms with Gasteiger partial charge in [0.15, 0.2) is 0 Å². The van der Waals surface area contributed by atoms with Gasteiger partial charge >= 0.3 is 0 Å². The Bertz CT molecular complexity index is 277. The topological polar surface area (TPSA) is 3.24 Å². The second-order valence-electron chi connectivity index (χ2n) is 8.12. The van der Waals surface area contributed by atoms with Gasteiger partial charge in [-0.2, -0.15) is 0 Å². The molecule has 0 aromatic rings. The van der Waals surface area contributed by atoms with E-state index >= 15 is 0 Å². The van der Waals surface area contributed by atoms with E-state index in [1.165, 1.54) is 51.4 Å². The lowest BCUT2D eigenvalue weighted by Gasteiger charge is -2.54. The molecule has 0 aromatic carbocycles. The third-order valence-electron chi connectivity index (χ3n) is 5.43. The van der Waals surface area contributed by atoms with Crippen molar-refractivity contribution >= 4 is 31.4 Å². The molecule has 0 saturated carbocycles. The van der Waals surface area contributed by atoms with Gasteiger partial charge < -0.3 is 4.90 Å². The molecule has 0 aromatic heterocycles. The molecule has 0 amide bonds. The molecule has 19 heavy (non-hydrogen) atoms. The van der Waals surface area contributed by atoms with Gasteiger partial charge in [-0.3, -0.25) is 0 Å². The van der Waals surface area contributed by atoms with E-state index in [4.69, 9.17) is 0 Å². The summed E-state index contributed by atoms with van der Waals surface area (Å²) < 4.78 is 0. The molecular formula is C14H33B4N. The second kappa shape index (κ2) is 6.33. The van der Waals surface area contributed by atoms with Gasteiger partial charge in [0.2, 0.25) is 0 Å². The summed E-state index contributed by atoms with van der Waals surface area (Å²) in [5, 5.41) is 0.720. The zero-order valence-electron chi connectivity index (χ0n) is 14.6. The van der Waals surface area contributed by atoms with Gasteiger partial charge in [0.1, 0.15) is 31.4 Å². The first-order valence-corrected chi connectivity index (χ1v) is 8.50. The van der Waals surface area contributed by atoms with Crippen LogP contribution in [0.2, 0.25) is 0 Å². The Morgan fingerprint density at radius 2 is 1.47 bits per heavy atom. The Morgan fingerprint density at radius 3 is 1.89 bits per heavy atom. The number of nitrogens with zero attached hydrogens (tertiary/aromatic N) is 1. The molecule has 106 valence electrons. The van der Waals surface area contributed by atoms with Crippen molar-refractivity contribution < 1.29 is 0 Å². The molecule has 1 nitrogen and oxygen atoms in total. The molecule has 1 unspecified atom stereocenters. The SMILES string of the molecule is BC1(B)CCC(B)(B)N1C(C)(CC)CCCCCC. The molecule has 5 heteroatoms. The second-order valence-corrected chi connectivity index (χ2v) is 8.12. The maximum atomic E-state index is 2.86. The number of likely N-dealkylation sites (tertiary alicyclic amines) is 1. The summed E-state index contributed by atoms with van der Waals surface area (Å²) in [6.45, 7) is 7.18.